The van der Waals surface area contributed by atoms with Crippen LogP contribution in [0, 0.1) is 0 Å². The Morgan fingerprint density at radius 3 is 1.86 bits per heavy atom. The summed E-state index contributed by atoms with van der Waals surface area (Å²) in [6.07, 6.45) is 3.31. The molecule has 0 aromatic heterocycles. The number of hydrogen-bond acceptors (Lipinski definition) is 2. The summed E-state index contributed by atoms with van der Waals surface area (Å²) in [5, 5.41) is 3.72. The Bertz CT molecular complexity index is 759. The van der Waals surface area contributed by atoms with E-state index in [-0.39, 0.29) is 0 Å². The SMILES string of the molecule is COc1ccc(CC[C@@H](C)NCCC(c2ccccc2)c2ccccc2)cc1. The monoisotopic (exact) mass is 373 g/mol. The fourth-order valence-corrected chi connectivity index (χ4v) is 3.65. The van der Waals surface area contributed by atoms with Crippen molar-refractivity contribution in [2.75, 3.05) is 13.7 Å². The average Bonchev–Trinajstić information content (AvgIpc) is 2.77. The first-order chi connectivity index (χ1) is 13.8. The molecule has 2 nitrogen and oxygen atoms in total. The molecule has 0 aliphatic carbocycles. The van der Waals surface area contributed by atoms with E-state index in [1.807, 2.05) is 12.1 Å². The molecule has 0 aliphatic heterocycles. The third kappa shape index (κ3) is 5.97. The van der Waals surface area contributed by atoms with Crippen LogP contribution in [0.2, 0.25) is 0 Å². The van der Waals surface area contributed by atoms with Crippen LogP contribution >= 0.6 is 0 Å². The zero-order valence-corrected chi connectivity index (χ0v) is 17.0. The highest BCUT2D eigenvalue weighted by Crippen LogP contribution is 2.27. The van der Waals surface area contributed by atoms with Crippen LogP contribution in [-0.2, 0) is 6.42 Å². The van der Waals surface area contributed by atoms with E-state index in [4.69, 9.17) is 4.74 Å². The van der Waals surface area contributed by atoms with Crippen molar-refractivity contribution in [2.45, 2.75) is 38.1 Å². The van der Waals surface area contributed by atoms with Crippen LogP contribution in [0.5, 0.6) is 5.75 Å². The predicted molar refractivity (Wildman–Crippen MR) is 118 cm³/mol. The van der Waals surface area contributed by atoms with E-state index in [2.05, 4.69) is 85.0 Å². The fraction of sp³-hybridized carbons (Fsp3) is 0.308. The van der Waals surface area contributed by atoms with Crippen LogP contribution in [0.4, 0.5) is 0 Å². The molecule has 0 amide bonds. The Morgan fingerprint density at radius 2 is 1.32 bits per heavy atom. The molecule has 3 rings (SSSR count). The summed E-state index contributed by atoms with van der Waals surface area (Å²) in [4.78, 5) is 0. The highest BCUT2D eigenvalue weighted by Gasteiger charge is 2.14. The number of ether oxygens (including phenoxy) is 1. The molecule has 146 valence electrons. The van der Waals surface area contributed by atoms with Gasteiger partial charge in [0.2, 0.25) is 0 Å². The molecule has 1 atom stereocenters. The molecule has 3 aromatic carbocycles. The molecule has 0 saturated heterocycles. The van der Waals surface area contributed by atoms with Crippen molar-refractivity contribution < 1.29 is 4.74 Å². The molecule has 0 bridgehead atoms. The normalized spacial score (nSPS) is 12.1. The van der Waals surface area contributed by atoms with Gasteiger partial charge in [-0.1, -0.05) is 72.8 Å². The van der Waals surface area contributed by atoms with Crippen molar-refractivity contribution in [2.24, 2.45) is 0 Å². The Hall–Kier alpha value is -2.58. The second kappa shape index (κ2) is 10.7. The smallest absolute Gasteiger partial charge is 0.118 e. The summed E-state index contributed by atoms with van der Waals surface area (Å²) in [6.45, 7) is 3.29. The highest BCUT2D eigenvalue weighted by atomic mass is 16.5. The van der Waals surface area contributed by atoms with Crippen LogP contribution < -0.4 is 10.1 Å². The number of methoxy groups -OCH3 is 1. The molecule has 1 N–H and O–H groups in total. The number of aryl methyl sites for hydroxylation is 1. The molecule has 0 unspecified atom stereocenters. The zero-order valence-electron chi connectivity index (χ0n) is 17.0. The van der Waals surface area contributed by atoms with E-state index in [0.29, 0.717) is 12.0 Å². The minimum absolute atomic E-state index is 0.434. The van der Waals surface area contributed by atoms with Gasteiger partial charge in [-0.05, 0) is 61.6 Å². The predicted octanol–water partition coefficient (Wildman–Crippen LogP) is 5.83. The standard InChI is InChI=1S/C26H31NO/c1-21(13-14-22-15-17-25(28-2)18-16-22)27-20-19-26(23-9-5-3-6-10-23)24-11-7-4-8-12-24/h3-12,15-18,21,26-27H,13-14,19-20H2,1-2H3/t21-/m1/s1. The van der Waals surface area contributed by atoms with Crippen LogP contribution in [0.25, 0.3) is 0 Å². The summed E-state index contributed by atoms with van der Waals surface area (Å²) < 4.78 is 5.23. The van der Waals surface area contributed by atoms with E-state index >= 15 is 0 Å². The Labute approximate surface area is 169 Å². The van der Waals surface area contributed by atoms with Gasteiger partial charge in [-0.2, -0.15) is 0 Å². The summed E-state index contributed by atoms with van der Waals surface area (Å²) in [6, 6.07) is 30.6. The van der Waals surface area contributed by atoms with Crippen molar-refractivity contribution in [3.8, 4) is 5.75 Å². The molecular formula is C26H31NO. The van der Waals surface area contributed by atoms with Gasteiger partial charge in [-0.25, -0.2) is 0 Å². The Morgan fingerprint density at radius 1 is 0.750 bits per heavy atom. The third-order valence-electron chi connectivity index (χ3n) is 5.35. The van der Waals surface area contributed by atoms with Gasteiger partial charge < -0.3 is 10.1 Å². The number of nitrogens with one attached hydrogen (secondary N) is 1. The second-order valence-corrected chi connectivity index (χ2v) is 7.40. The molecule has 0 fully saturated rings. The van der Waals surface area contributed by atoms with Crippen LogP contribution in [0.15, 0.2) is 84.9 Å². The maximum atomic E-state index is 5.23. The largest absolute Gasteiger partial charge is 0.497 e. The highest BCUT2D eigenvalue weighted by molar-refractivity contribution is 5.32. The maximum absolute atomic E-state index is 5.23. The fourth-order valence-electron chi connectivity index (χ4n) is 3.65. The van der Waals surface area contributed by atoms with Gasteiger partial charge in [-0.3, -0.25) is 0 Å². The van der Waals surface area contributed by atoms with E-state index in [1.165, 1.54) is 16.7 Å². The second-order valence-electron chi connectivity index (χ2n) is 7.40. The lowest BCUT2D eigenvalue weighted by molar-refractivity contribution is 0.414. The van der Waals surface area contributed by atoms with Gasteiger partial charge in [0, 0.05) is 12.0 Å². The molecule has 0 spiro atoms. The first-order valence-electron chi connectivity index (χ1n) is 10.2. The molecule has 3 aromatic rings. The minimum Gasteiger partial charge on any atom is -0.497 e. The van der Waals surface area contributed by atoms with Crippen molar-refractivity contribution in [3.05, 3.63) is 102 Å². The van der Waals surface area contributed by atoms with Gasteiger partial charge in [0.1, 0.15) is 5.75 Å². The van der Waals surface area contributed by atoms with E-state index in [0.717, 1.165) is 31.6 Å². The molecule has 2 heteroatoms. The molecule has 0 aliphatic rings. The van der Waals surface area contributed by atoms with Crippen molar-refractivity contribution in [1.82, 2.24) is 5.32 Å². The topological polar surface area (TPSA) is 21.3 Å². The molecular weight excluding hydrogens is 342 g/mol. The van der Waals surface area contributed by atoms with Crippen LogP contribution in [0.3, 0.4) is 0 Å². The third-order valence-corrected chi connectivity index (χ3v) is 5.35. The maximum Gasteiger partial charge on any atom is 0.118 e. The molecule has 0 radical (unpaired) electrons. The van der Waals surface area contributed by atoms with Crippen molar-refractivity contribution in [3.63, 3.8) is 0 Å². The van der Waals surface area contributed by atoms with Crippen molar-refractivity contribution in [1.29, 1.82) is 0 Å². The van der Waals surface area contributed by atoms with Gasteiger partial charge in [0.15, 0.2) is 0 Å². The Kier molecular flexibility index (Phi) is 7.69. The Balaban J connectivity index is 1.50. The summed E-state index contributed by atoms with van der Waals surface area (Å²) >= 11 is 0. The van der Waals surface area contributed by atoms with Gasteiger partial charge >= 0.3 is 0 Å². The lowest BCUT2D eigenvalue weighted by atomic mass is 9.88. The minimum atomic E-state index is 0.434. The summed E-state index contributed by atoms with van der Waals surface area (Å²) in [5.74, 6) is 1.35. The number of benzene rings is 3. The van der Waals surface area contributed by atoms with Crippen molar-refractivity contribution >= 4 is 0 Å². The van der Waals surface area contributed by atoms with Crippen LogP contribution in [-0.4, -0.2) is 19.7 Å². The van der Waals surface area contributed by atoms with E-state index < -0.39 is 0 Å². The summed E-state index contributed by atoms with van der Waals surface area (Å²) in [7, 11) is 1.71. The molecule has 0 saturated carbocycles. The van der Waals surface area contributed by atoms with Gasteiger partial charge in [-0.15, -0.1) is 0 Å². The van der Waals surface area contributed by atoms with Crippen LogP contribution in [0.1, 0.15) is 42.4 Å². The first kappa shape index (κ1) is 20.2. The van der Waals surface area contributed by atoms with E-state index in [9.17, 15) is 0 Å². The van der Waals surface area contributed by atoms with Gasteiger partial charge in [0.25, 0.3) is 0 Å². The van der Waals surface area contributed by atoms with Gasteiger partial charge in [0.05, 0.1) is 7.11 Å². The lowest BCUT2D eigenvalue weighted by Gasteiger charge is -2.20. The first-order valence-corrected chi connectivity index (χ1v) is 10.2. The quantitative estimate of drug-likeness (QED) is 0.483. The lowest BCUT2D eigenvalue weighted by Crippen LogP contribution is -2.28. The summed E-state index contributed by atoms with van der Waals surface area (Å²) in [5.41, 5.74) is 4.14. The zero-order chi connectivity index (χ0) is 19.6. The van der Waals surface area contributed by atoms with E-state index in [1.54, 1.807) is 7.11 Å². The number of hydrogen-bond donors (Lipinski definition) is 1. The number of rotatable bonds is 10. The molecule has 0 heterocycles. The average molecular weight is 374 g/mol. The molecule has 28 heavy (non-hydrogen) atoms.